The molecule has 2 nitrogen and oxygen atoms in total. The molecule has 5 heteroatoms. The highest BCUT2D eigenvalue weighted by Gasteiger charge is 2.13. The predicted molar refractivity (Wildman–Crippen MR) is 79.3 cm³/mol. The smallest absolute Gasteiger partial charge is 0.162 e. The summed E-state index contributed by atoms with van der Waals surface area (Å²) in [6, 6.07) is 5.45. The molecule has 94 valence electrons. The van der Waals surface area contributed by atoms with Crippen LogP contribution in [0.1, 0.15) is 18.2 Å². The van der Waals surface area contributed by atoms with E-state index in [1.165, 1.54) is 0 Å². The first-order valence-corrected chi connectivity index (χ1v) is 7.06. The van der Waals surface area contributed by atoms with Crippen molar-refractivity contribution in [3.05, 3.63) is 44.1 Å². The number of rotatable bonds is 2. The van der Waals surface area contributed by atoms with Crippen molar-refractivity contribution in [2.75, 3.05) is 0 Å². The Bertz CT molecular complexity index is 577. The Morgan fingerprint density at radius 1 is 1.22 bits per heavy atom. The van der Waals surface area contributed by atoms with Gasteiger partial charge in [0.2, 0.25) is 0 Å². The molecule has 1 aromatic heterocycles. The van der Waals surface area contributed by atoms with Crippen molar-refractivity contribution in [2.24, 2.45) is 0 Å². The summed E-state index contributed by atoms with van der Waals surface area (Å²) in [5, 5.41) is 0.987. The molecule has 0 spiro atoms. The number of hydrogen-bond acceptors (Lipinski definition) is 2. The number of benzene rings is 1. The van der Waals surface area contributed by atoms with Crippen LogP contribution in [0, 0.1) is 6.92 Å². The van der Waals surface area contributed by atoms with Crippen LogP contribution in [-0.4, -0.2) is 9.97 Å². The molecule has 1 heterocycles. The molecule has 0 N–H and O–H groups in total. The van der Waals surface area contributed by atoms with E-state index in [2.05, 4.69) is 32.8 Å². The molecular formula is C13H11BrCl2N2. The average molecular weight is 346 g/mol. The molecule has 0 amide bonds. The summed E-state index contributed by atoms with van der Waals surface area (Å²) >= 11 is 15.7. The monoisotopic (exact) mass is 344 g/mol. The van der Waals surface area contributed by atoms with E-state index in [0.29, 0.717) is 15.9 Å². The number of nitrogens with zero attached hydrogens (tertiary/aromatic N) is 2. The zero-order chi connectivity index (χ0) is 13.3. The Morgan fingerprint density at radius 2 is 1.94 bits per heavy atom. The third-order valence-corrected chi connectivity index (χ3v) is 4.18. The second-order valence-corrected chi connectivity index (χ2v) is 5.39. The van der Waals surface area contributed by atoms with E-state index in [1.54, 1.807) is 6.07 Å². The standard InChI is InChI=1S/C13H11BrCl2N2/c1-3-8-7(2)17-13(18-12(8)14)9-5-4-6-10(15)11(9)16/h4-6H,3H2,1-2H3. The highest BCUT2D eigenvalue weighted by molar-refractivity contribution is 9.10. The highest BCUT2D eigenvalue weighted by Crippen LogP contribution is 2.32. The van der Waals surface area contributed by atoms with Crippen LogP contribution in [0.25, 0.3) is 11.4 Å². The Kier molecular flexibility index (Phi) is 4.25. The van der Waals surface area contributed by atoms with Gasteiger partial charge in [-0.1, -0.05) is 36.2 Å². The number of hydrogen-bond donors (Lipinski definition) is 0. The quantitative estimate of drug-likeness (QED) is 0.709. The zero-order valence-corrected chi connectivity index (χ0v) is 13.1. The van der Waals surface area contributed by atoms with Crippen molar-refractivity contribution in [3.63, 3.8) is 0 Å². The fourth-order valence-electron chi connectivity index (χ4n) is 1.76. The Morgan fingerprint density at radius 3 is 2.56 bits per heavy atom. The summed E-state index contributed by atoms with van der Waals surface area (Å²) in [5.74, 6) is 0.587. The SMILES string of the molecule is CCc1c(C)nc(-c2cccc(Cl)c2Cl)nc1Br. The lowest BCUT2D eigenvalue weighted by molar-refractivity contribution is 0.981. The van der Waals surface area contributed by atoms with Crippen molar-refractivity contribution >= 4 is 39.1 Å². The van der Waals surface area contributed by atoms with Gasteiger partial charge in [0.15, 0.2) is 5.82 Å². The fraction of sp³-hybridized carbons (Fsp3) is 0.231. The molecular weight excluding hydrogens is 335 g/mol. The first-order chi connectivity index (χ1) is 8.54. The molecule has 0 radical (unpaired) electrons. The third-order valence-electron chi connectivity index (χ3n) is 2.71. The molecule has 0 aliphatic rings. The summed E-state index contributed by atoms with van der Waals surface area (Å²) in [6.07, 6.45) is 0.885. The van der Waals surface area contributed by atoms with E-state index < -0.39 is 0 Å². The van der Waals surface area contributed by atoms with E-state index in [-0.39, 0.29) is 0 Å². The lowest BCUT2D eigenvalue weighted by Crippen LogP contribution is -1.99. The molecule has 0 aliphatic heterocycles. The second-order valence-electron chi connectivity index (χ2n) is 3.86. The first kappa shape index (κ1) is 13.8. The van der Waals surface area contributed by atoms with Gasteiger partial charge >= 0.3 is 0 Å². The highest BCUT2D eigenvalue weighted by atomic mass is 79.9. The molecule has 2 rings (SSSR count). The van der Waals surface area contributed by atoms with Gasteiger partial charge in [0, 0.05) is 16.8 Å². The molecule has 2 aromatic rings. The molecule has 0 aliphatic carbocycles. The van der Waals surface area contributed by atoms with Crippen LogP contribution in [-0.2, 0) is 6.42 Å². The van der Waals surface area contributed by atoms with E-state index in [1.807, 2.05) is 19.1 Å². The van der Waals surface area contributed by atoms with Crippen LogP contribution in [0.3, 0.4) is 0 Å². The van der Waals surface area contributed by atoms with Gasteiger partial charge in [-0.2, -0.15) is 0 Å². The normalized spacial score (nSPS) is 10.7. The first-order valence-electron chi connectivity index (χ1n) is 5.52. The Labute approximate surface area is 124 Å². The number of aromatic nitrogens is 2. The molecule has 1 aromatic carbocycles. The molecule has 0 fully saturated rings. The van der Waals surface area contributed by atoms with Crippen LogP contribution in [0.4, 0.5) is 0 Å². The van der Waals surface area contributed by atoms with Crippen molar-refractivity contribution in [1.29, 1.82) is 0 Å². The van der Waals surface area contributed by atoms with Gasteiger partial charge in [-0.3, -0.25) is 0 Å². The number of halogens is 3. The Balaban J connectivity index is 2.62. The van der Waals surface area contributed by atoms with Gasteiger partial charge in [-0.15, -0.1) is 0 Å². The van der Waals surface area contributed by atoms with Crippen molar-refractivity contribution in [1.82, 2.24) is 9.97 Å². The molecule has 0 atom stereocenters. The minimum absolute atomic E-state index is 0.481. The minimum Gasteiger partial charge on any atom is -0.233 e. The van der Waals surface area contributed by atoms with Crippen molar-refractivity contribution in [3.8, 4) is 11.4 Å². The fourth-order valence-corrected chi connectivity index (χ4v) is 2.88. The average Bonchev–Trinajstić information content (AvgIpc) is 2.32. The summed E-state index contributed by atoms with van der Waals surface area (Å²) < 4.78 is 0.809. The summed E-state index contributed by atoms with van der Waals surface area (Å²) in [5.41, 5.74) is 2.80. The lowest BCUT2D eigenvalue weighted by Gasteiger charge is -2.09. The Hall–Kier alpha value is -0.640. The van der Waals surface area contributed by atoms with E-state index in [9.17, 15) is 0 Å². The summed E-state index contributed by atoms with van der Waals surface area (Å²) in [7, 11) is 0. The van der Waals surface area contributed by atoms with Crippen LogP contribution in [0.15, 0.2) is 22.8 Å². The van der Waals surface area contributed by atoms with E-state index in [4.69, 9.17) is 23.2 Å². The zero-order valence-electron chi connectivity index (χ0n) is 9.97. The molecule has 0 saturated carbocycles. The van der Waals surface area contributed by atoms with Gasteiger partial charge < -0.3 is 0 Å². The van der Waals surface area contributed by atoms with Crippen molar-refractivity contribution in [2.45, 2.75) is 20.3 Å². The molecule has 0 unspecified atom stereocenters. The summed E-state index contributed by atoms with van der Waals surface area (Å²) in [4.78, 5) is 8.93. The molecule has 18 heavy (non-hydrogen) atoms. The van der Waals surface area contributed by atoms with Gasteiger partial charge in [0.05, 0.1) is 10.0 Å². The van der Waals surface area contributed by atoms with Gasteiger partial charge in [-0.25, -0.2) is 9.97 Å². The summed E-state index contributed by atoms with van der Waals surface area (Å²) in [6.45, 7) is 4.04. The minimum atomic E-state index is 0.481. The van der Waals surface area contributed by atoms with Crippen LogP contribution in [0.2, 0.25) is 10.0 Å². The van der Waals surface area contributed by atoms with Gasteiger partial charge in [0.1, 0.15) is 4.60 Å². The lowest BCUT2D eigenvalue weighted by atomic mass is 10.1. The second kappa shape index (κ2) is 5.55. The maximum atomic E-state index is 6.18. The maximum Gasteiger partial charge on any atom is 0.162 e. The van der Waals surface area contributed by atoms with E-state index >= 15 is 0 Å². The van der Waals surface area contributed by atoms with Crippen LogP contribution in [0.5, 0.6) is 0 Å². The third kappa shape index (κ3) is 2.53. The van der Waals surface area contributed by atoms with Crippen molar-refractivity contribution < 1.29 is 0 Å². The number of aryl methyl sites for hydroxylation is 1. The maximum absolute atomic E-state index is 6.18. The van der Waals surface area contributed by atoms with Crippen LogP contribution >= 0.6 is 39.1 Å². The molecule has 0 bridgehead atoms. The molecule has 0 saturated heterocycles. The van der Waals surface area contributed by atoms with Crippen LogP contribution < -0.4 is 0 Å². The van der Waals surface area contributed by atoms with Gasteiger partial charge in [0.25, 0.3) is 0 Å². The topological polar surface area (TPSA) is 25.8 Å². The van der Waals surface area contributed by atoms with E-state index in [0.717, 1.165) is 27.8 Å². The predicted octanol–water partition coefficient (Wildman–Crippen LogP) is 5.08. The van der Waals surface area contributed by atoms with Gasteiger partial charge in [-0.05, 0) is 41.4 Å². The largest absolute Gasteiger partial charge is 0.233 e.